The number of rotatable bonds is 5. The first-order valence-corrected chi connectivity index (χ1v) is 8.75. The van der Waals surface area contributed by atoms with Crippen molar-refractivity contribution in [2.45, 2.75) is 0 Å². The number of ether oxygens (including phenoxy) is 1. The summed E-state index contributed by atoms with van der Waals surface area (Å²) < 4.78 is 5.13. The van der Waals surface area contributed by atoms with Crippen LogP contribution in [0, 0.1) is 0 Å². The fourth-order valence-electron chi connectivity index (χ4n) is 2.92. The Morgan fingerprint density at radius 1 is 0.964 bits per heavy atom. The lowest BCUT2D eigenvalue weighted by molar-refractivity contribution is -0.119. The van der Waals surface area contributed by atoms with Crippen LogP contribution < -0.4 is 5.32 Å². The Morgan fingerprint density at radius 2 is 1.75 bits per heavy atom. The molecule has 0 fully saturated rings. The van der Waals surface area contributed by atoms with Gasteiger partial charge in [-0.3, -0.25) is 4.79 Å². The Bertz CT molecular complexity index is 1110. The molecule has 0 atom stereocenters. The molecule has 0 aliphatic heterocycles. The second kappa shape index (κ2) is 7.75. The Hall–Kier alpha value is -3.93. The summed E-state index contributed by atoms with van der Waals surface area (Å²) in [6.07, 6.45) is 3.39. The summed E-state index contributed by atoms with van der Waals surface area (Å²) in [6, 6.07) is 20.2. The minimum atomic E-state index is -0.556. The van der Waals surface area contributed by atoms with E-state index in [0.717, 1.165) is 22.2 Å². The van der Waals surface area contributed by atoms with E-state index in [0.29, 0.717) is 11.3 Å². The molecule has 28 heavy (non-hydrogen) atoms. The van der Waals surface area contributed by atoms with Crippen molar-refractivity contribution in [3.05, 3.63) is 84.7 Å². The molecule has 0 radical (unpaired) electrons. The van der Waals surface area contributed by atoms with Gasteiger partial charge in [-0.15, -0.1) is 0 Å². The number of aromatic amines is 1. The predicted octanol–water partition coefficient (Wildman–Crippen LogP) is 4.03. The van der Waals surface area contributed by atoms with E-state index < -0.39 is 11.9 Å². The van der Waals surface area contributed by atoms with Crippen molar-refractivity contribution in [3.63, 3.8) is 0 Å². The Balaban J connectivity index is 1.37. The maximum Gasteiger partial charge on any atom is 0.338 e. The van der Waals surface area contributed by atoms with Gasteiger partial charge in [0.2, 0.25) is 0 Å². The number of esters is 1. The predicted molar refractivity (Wildman–Crippen MR) is 107 cm³/mol. The molecular formula is C22H17N3O3. The zero-order chi connectivity index (χ0) is 19.3. The van der Waals surface area contributed by atoms with Crippen molar-refractivity contribution in [2.75, 3.05) is 11.9 Å². The lowest BCUT2D eigenvalue weighted by atomic mass is 10.1. The zero-order valence-corrected chi connectivity index (χ0v) is 14.9. The zero-order valence-electron chi connectivity index (χ0n) is 14.9. The second-order valence-electron chi connectivity index (χ2n) is 6.17. The number of anilines is 1. The number of H-pyrrole nitrogens is 1. The molecular weight excluding hydrogens is 354 g/mol. The van der Waals surface area contributed by atoms with Crippen LogP contribution in [-0.4, -0.2) is 28.5 Å². The maximum atomic E-state index is 12.2. The van der Waals surface area contributed by atoms with E-state index in [1.54, 1.807) is 36.7 Å². The van der Waals surface area contributed by atoms with Gasteiger partial charge >= 0.3 is 5.97 Å². The number of amides is 1. The molecule has 138 valence electrons. The molecule has 6 nitrogen and oxygen atoms in total. The van der Waals surface area contributed by atoms with E-state index in [2.05, 4.69) is 15.3 Å². The van der Waals surface area contributed by atoms with Gasteiger partial charge in [0.1, 0.15) is 5.82 Å². The van der Waals surface area contributed by atoms with Crippen LogP contribution in [0.5, 0.6) is 0 Å². The summed E-state index contributed by atoms with van der Waals surface area (Å²) in [5, 5.41) is 4.74. The van der Waals surface area contributed by atoms with Crippen molar-refractivity contribution < 1.29 is 14.3 Å². The first-order valence-electron chi connectivity index (χ1n) is 8.75. The molecule has 0 saturated heterocycles. The number of nitrogens with one attached hydrogen (secondary N) is 2. The number of carbonyl (C=O) groups is 2. The van der Waals surface area contributed by atoms with Gasteiger partial charge in [0.25, 0.3) is 5.91 Å². The largest absolute Gasteiger partial charge is 0.452 e. The number of aromatic nitrogens is 2. The van der Waals surface area contributed by atoms with Gasteiger partial charge in [-0.25, -0.2) is 9.78 Å². The SMILES string of the molecule is O=C(COC(=O)c1ccc(-c2ncc[nH]2)cc1)Nc1cccc2ccccc12. The van der Waals surface area contributed by atoms with Crippen LogP contribution in [0.2, 0.25) is 0 Å². The molecule has 1 amide bonds. The minimum absolute atomic E-state index is 0.359. The first kappa shape index (κ1) is 17.5. The van der Waals surface area contributed by atoms with E-state index in [9.17, 15) is 9.59 Å². The second-order valence-corrected chi connectivity index (χ2v) is 6.17. The number of hydrogen-bond donors (Lipinski definition) is 2. The third-order valence-corrected chi connectivity index (χ3v) is 4.29. The van der Waals surface area contributed by atoms with Gasteiger partial charge in [-0.1, -0.05) is 48.5 Å². The van der Waals surface area contributed by atoms with Gasteiger partial charge in [-0.05, 0) is 23.6 Å². The number of nitrogens with zero attached hydrogens (tertiary/aromatic N) is 1. The summed E-state index contributed by atoms with van der Waals surface area (Å²) in [4.78, 5) is 31.5. The van der Waals surface area contributed by atoms with Crippen molar-refractivity contribution in [3.8, 4) is 11.4 Å². The topological polar surface area (TPSA) is 84.1 Å². The van der Waals surface area contributed by atoms with Crippen LogP contribution in [0.3, 0.4) is 0 Å². The molecule has 0 unspecified atom stereocenters. The highest BCUT2D eigenvalue weighted by Gasteiger charge is 2.12. The Kier molecular flexibility index (Phi) is 4.84. The van der Waals surface area contributed by atoms with Gasteiger partial charge in [0, 0.05) is 29.0 Å². The summed E-state index contributed by atoms with van der Waals surface area (Å²) in [6.45, 7) is -0.359. The monoisotopic (exact) mass is 371 g/mol. The average molecular weight is 371 g/mol. The van der Waals surface area contributed by atoms with Crippen molar-refractivity contribution in [1.29, 1.82) is 0 Å². The third-order valence-electron chi connectivity index (χ3n) is 4.29. The highest BCUT2D eigenvalue weighted by Crippen LogP contribution is 2.22. The molecule has 4 aromatic rings. The number of hydrogen-bond acceptors (Lipinski definition) is 4. The van der Waals surface area contributed by atoms with E-state index >= 15 is 0 Å². The van der Waals surface area contributed by atoms with Gasteiger partial charge in [-0.2, -0.15) is 0 Å². The highest BCUT2D eigenvalue weighted by atomic mass is 16.5. The van der Waals surface area contributed by atoms with Crippen molar-refractivity contribution in [1.82, 2.24) is 9.97 Å². The fourth-order valence-corrected chi connectivity index (χ4v) is 2.92. The highest BCUT2D eigenvalue weighted by molar-refractivity contribution is 6.03. The third kappa shape index (κ3) is 3.76. The minimum Gasteiger partial charge on any atom is -0.452 e. The molecule has 4 rings (SSSR count). The number of carbonyl (C=O) groups excluding carboxylic acids is 2. The maximum absolute atomic E-state index is 12.2. The van der Waals surface area contributed by atoms with Crippen LogP contribution in [0.25, 0.3) is 22.2 Å². The molecule has 1 heterocycles. The Morgan fingerprint density at radius 3 is 2.54 bits per heavy atom. The van der Waals surface area contributed by atoms with E-state index in [-0.39, 0.29) is 6.61 Å². The standard InChI is InChI=1S/C22H17N3O3/c26-20(25-19-7-3-5-15-4-1-2-6-18(15)19)14-28-22(27)17-10-8-16(9-11-17)21-23-12-13-24-21/h1-13H,14H2,(H,23,24)(H,25,26). The number of fused-ring (bicyclic) bond motifs is 1. The summed E-state index contributed by atoms with van der Waals surface area (Å²) in [5.74, 6) is -0.231. The molecule has 1 aromatic heterocycles. The molecule has 0 saturated carbocycles. The summed E-state index contributed by atoms with van der Waals surface area (Å²) in [5.41, 5.74) is 1.91. The molecule has 0 aliphatic carbocycles. The average Bonchev–Trinajstić information content (AvgIpc) is 3.27. The quantitative estimate of drug-likeness (QED) is 0.519. The van der Waals surface area contributed by atoms with Crippen LogP contribution in [-0.2, 0) is 9.53 Å². The van der Waals surface area contributed by atoms with Gasteiger partial charge in [0.05, 0.1) is 5.56 Å². The Labute approximate surface area is 161 Å². The number of benzene rings is 3. The molecule has 0 spiro atoms. The molecule has 0 bridgehead atoms. The molecule has 3 aromatic carbocycles. The van der Waals surface area contributed by atoms with E-state index in [1.165, 1.54) is 0 Å². The van der Waals surface area contributed by atoms with Crippen LogP contribution in [0.15, 0.2) is 79.1 Å². The summed E-state index contributed by atoms with van der Waals surface area (Å²) >= 11 is 0. The van der Waals surface area contributed by atoms with Crippen molar-refractivity contribution in [2.24, 2.45) is 0 Å². The fraction of sp³-hybridized carbons (Fsp3) is 0.0455. The van der Waals surface area contributed by atoms with Gasteiger partial charge < -0.3 is 15.0 Å². The number of imidazole rings is 1. The lowest BCUT2D eigenvalue weighted by Crippen LogP contribution is -2.21. The smallest absolute Gasteiger partial charge is 0.338 e. The normalized spacial score (nSPS) is 10.6. The van der Waals surface area contributed by atoms with Gasteiger partial charge in [0.15, 0.2) is 6.61 Å². The van der Waals surface area contributed by atoms with Crippen LogP contribution >= 0.6 is 0 Å². The van der Waals surface area contributed by atoms with Crippen LogP contribution in [0.4, 0.5) is 5.69 Å². The first-order chi connectivity index (χ1) is 13.7. The summed E-state index contributed by atoms with van der Waals surface area (Å²) in [7, 11) is 0. The van der Waals surface area contributed by atoms with E-state index in [4.69, 9.17) is 4.74 Å². The van der Waals surface area contributed by atoms with Crippen LogP contribution in [0.1, 0.15) is 10.4 Å². The molecule has 0 aliphatic rings. The van der Waals surface area contributed by atoms with Crippen molar-refractivity contribution >= 4 is 28.3 Å². The molecule has 2 N–H and O–H groups in total. The molecule has 6 heteroatoms. The van der Waals surface area contributed by atoms with E-state index in [1.807, 2.05) is 42.5 Å². The lowest BCUT2D eigenvalue weighted by Gasteiger charge is -2.09.